The summed E-state index contributed by atoms with van der Waals surface area (Å²) >= 11 is 0. The minimum absolute atomic E-state index is 0.0927. The normalized spacial score (nSPS) is 23.2. The van der Waals surface area contributed by atoms with Crippen molar-refractivity contribution in [1.29, 1.82) is 0 Å². The van der Waals surface area contributed by atoms with E-state index in [9.17, 15) is 0 Å². The minimum atomic E-state index is -0.206. The number of fused-ring (bicyclic) bond motifs is 1. The third-order valence-corrected chi connectivity index (χ3v) is 5.53. The lowest BCUT2D eigenvalue weighted by Gasteiger charge is -2.44. The average Bonchev–Trinajstić information content (AvgIpc) is 2.60. The predicted octanol–water partition coefficient (Wildman–Crippen LogP) is 5.29. The molecule has 0 fully saturated rings. The Morgan fingerprint density at radius 2 is 1.96 bits per heavy atom. The fourth-order valence-corrected chi connectivity index (χ4v) is 3.65. The molecule has 3 heteroatoms. The van der Waals surface area contributed by atoms with Crippen LogP contribution >= 0.6 is 0 Å². The maximum absolute atomic E-state index is 6.44. The zero-order valence-electron chi connectivity index (χ0n) is 16.6. The highest BCUT2D eigenvalue weighted by molar-refractivity contribution is 5.40. The van der Waals surface area contributed by atoms with E-state index >= 15 is 0 Å². The van der Waals surface area contributed by atoms with Gasteiger partial charge in [0.15, 0.2) is 6.23 Å². The van der Waals surface area contributed by atoms with Crippen molar-refractivity contribution in [3.63, 3.8) is 0 Å². The number of para-hydroxylation sites is 1. The van der Waals surface area contributed by atoms with Crippen molar-refractivity contribution >= 4 is 0 Å². The lowest BCUT2D eigenvalue weighted by molar-refractivity contribution is -0.0125. The summed E-state index contributed by atoms with van der Waals surface area (Å²) in [6.07, 6.45) is 0.829. The molecule has 0 radical (unpaired) electrons. The third-order valence-electron chi connectivity index (χ3n) is 5.53. The number of ether oxygens (including phenoxy) is 2. The predicted molar refractivity (Wildman–Crippen MR) is 107 cm³/mol. The number of hydrogen-bond donors (Lipinski definition) is 1. The van der Waals surface area contributed by atoms with Crippen molar-refractivity contribution < 1.29 is 9.47 Å². The second kappa shape index (κ2) is 7.71. The molecule has 0 amide bonds. The van der Waals surface area contributed by atoms with Gasteiger partial charge in [0.1, 0.15) is 17.1 Å². The quantitative estimate of drug-likeness (QED) is 0.716. The van der Waals surface area contributed by atoms with E-state index in [4.69, 9.17) is 9.47 Å². The Bertz CT molecular complexity index is 742. The Kier molecular flexibility index (Phi) is 5.57. The Morgan fingerprint density at radius 3 is 2.65 bits per heavy atom. The molecule has 0 spiro atoms. The van der Waals surface area contributed by atoms with E-state index in [1.165, 1.54) is 11.1 Å². The van der Waals surface area contributed by atoms with Crippen molar-refractivity contribution in [2.45, 2.75) is 58.8 Å². The summed E-state index contributed by atoms with van der Waals surface area (Å²) < 4.78 is 12.9. The van der Waals surface area contributed by atoms with E-state index in [2.05, 4.69) is 70.3 Å². The van der Waals surface area contributed by atoms with Gasteiger partial charge in [0.2, 0.25) is 0 Å². The summed E-state index contributed by atoms with van der Waals surface area (Å²) in [4.78, 5) is 0. The number of benzene rings is 2. The van der Waals surface area contributed by atoms with Crippen molar-refractivity contribution in [1.82, 2.24) is 5.32 Å². The van der Waals surface area contributed by atoms with Crippen molar-refractivity contribution in [2.24, 2.45) is 5.92 Å². The maximum atomic E-state index is 6.44. The monoisotopic (exact) mass is 353 g/mol. The van der Waals surface area contributed by atoms with E-state index in [0.717, 1.165) is 24.5 Å². The molecule has 1 N–H and O–H groups in total. The van der Waals surface area contributed by atoms with Crippen LogP contribution in [-0.4, -0.2) is 18.4 Å². The summed E-state index contributed by atoms with van der Waals surface area (Å²) in [7, 11) is 0. The summed E-state index contributed by atoms with van der Waals surface area (Å²) in [5.74, 6) is 2.54. The van der Waals surface area contributed by atoms with Gasteiger partial charge >= 0.3 is 0 Å². The van der Waals surface area contributed by atoms with Gasteiger partial charge in [-0.1, -0.05) is 51.1 Å². The Balaban J connectivity index is 1.96. The van der Waals surface area contributed by atoms with Crippen LogP contribution in [0.25, 0.3) is 0 Å². The van der Waals surface area contributed by atoms with Gasteiger partial charge in [0.25, 0.3) is 0 Å². The molecule has 3 rings (SSSR count). The highest BCUT2D eigenvalue weighted by atomic mass is 16.5. The fourth-order valence-electron chi connectivity index (χ4n) is 3.65. The largest absolute Gasteiger partial charge is 0.487 e. The lowest BCUT2D eigenvalue weighted by atomic mass is 9.77. The fraction of sp³-hybridized carbons (Fsp3) is 0.478. The molecule has 0 saturated heterocycles. The van der Waals surface area contributed by atoms with Crippen LogP contribution in [0.1, 0.15) is 51.2 Å². The van der Waals surface area contributed by atoms with E-state index in [-0.39, 0.29) is 17.7 Å². The number of rotatable bonds is 6. The molecule has 2 aromatic carbocycles. The molecule has 1 aliphatic rings. The zero-order chi connectivity index (χ0) is 18.7. The van der Waals surface area contributed by atoms with Gasteiger partial charge in [-0.15, -0.1) is 0 Å². The van der Waals surface area contributed by atoms with Crippen molar-refractivity contribution in [3.05, 3.63) is 59.7 Å². The van der Waals surface area contributed by atoms with Gasteiger partial charge < -0.3 is 9.47 Å². The van der Waals surface area contributed by atoms with Crippen LogP contribution < -0.4 is 14.8 Å². The molecule has 26 heavy (non-hydrogen) atoms. The van der Waals surface area contributed by atoms with E-state index in [1.54, 1.807) is 0 Å². The first kappa shape index (κ1) is 18.8. The molecule has 1 heterocycles. The van der Waals surface area contributed by atoms with Gasteiger partial charge in [-0.05, 0) is 56.5 Å². The molecule has 0 bridgehead atoms. The van der Waals surface area contributed by atoms with Gasteiger partial charge in [0, 0.05) is 11.5 Å². The molecule has 3 atom stereocenters. The first-order valence-electron chi connectivity index (χ1n) is 9.67. The van der Waals surface area contributed by atoms with E-state index in [1.807, 2.05) is 18.2 Å². The lowest BCUT2D eigenvalue weighted by Crippen LogP contribution is -2.49. The van der Waals surface area contributed by atoms with Crippen LogP contribution in [0.3, 0.4) is 0 Å². The molecule has 2 aromatic rings. The average molecular weight is 354 g/mol. The topological polar surface area (TPSA) is 30.5 Å². The summed E-state index contributed by atoms with van der Waals surface area (Å²) in [5, 5.41) is 3.56. The first-order chi connectivity index (χ1) is 12.4. The second-order valence-electron chi connectivity index (χ2n) is 7.83. The number of likely N-dealkylation sites (N-methyl/N-ethyl adjacent to an activating group) is 1. The summed E-state index contributed by atoms with van der Waals surface area (Å²) in [6, 6.07) is 16.6. The van der Waals surface area contributed by atoms with Crippen molar-refractivity contribution in [2.75, 3.05) is 6.54 Å². The Morgan fingerprint density at radius 1 is 1.19 bits per heavy atom. The van der Waals surface area contributed by atoms with Crippen molar-refractivity contribution in [3.8, 4) is 11.5 Å². The molecular weight excluding hydrogens is 322 g/mol. The van der Waals surface area contributed by atoms with Crippen LogP contribution in [0.5, 0.6) is 11.5 Å². The number of hydrogen-bond acceptors (Lipinski definition) is 3. The van der Waals surface area contributed by atoms with Gasteiger partial charge in [0.05, 0.1) is 0 Å². The highest BCUT2D eigenvalue weighted by Gasteiger charge is 2.43. The van der Waals surface area contributed by atoms with Crippen LogP contribution in [-0.2, 0) is 0 Å². The molecule has 0 aliphatic carbocycles. The van der Waals surface area contributed by atoms with Crippen LogP contribution in [0.15, 0.2) is 48.5 Å². The van der Waals surface area contributed by atoms with E-state index in [0.29, 0.717) is 5.92 Å². The summed E-state index contributed by atoms with van der Waals surface area (Å²) in [5.41, 5.74) is 2.23. The van der Waals surface area contributed by atoms with E-state index < -0.39 is 0 Å². The highest BCUT2D eigenvalue weighted by Crippen LogP contribution is 2.45. The second-order valence-corrected chi connectivity index (χ2v) is 7.83. The zero-order valence-corrected chi connectivity index (χ0v) is 16.6. The number of nitrogens with one attached hydrogen (secondary N) is 1. The third kappa shape index (κ3) is 3.88. The van der Waals surface area contributed by atoms with Gasteiger partial charge in [-0.3, -0.25) is 5.32 Å². The maximum Gasteiger partial charge on any atom is 0.157 e. The molecule has 140 valence electrons. The molecule has 3 nitrogen and oxygen atoms in total. The first-order valence-corrected chi connectivity index (χ1v) is 9.67. The van der Waals surface area contributed by atoms with Crippen LogP contribution in [0.2, 0.25) is 0 Å². The SMILES string of the molecule is CCNC(Oc1cccc(C)c1)C1CC(C)(C(C)C)Oc2ccccc21. The molecule has 1 aliphatic heterocycles. The number of aryl methyl sites for hydroxylation is 1. The summed E-state index contributed by atoms with van der Waals surface area (Å²) in [6.45, 7) is 11.8. The molecule has 0 aromatic heterocycles. The Hall–Kier alpha value is -2.00. The molecular formula is C23H31NO2. The minimum Gasteiger partial charge on any atom is -0.487 e. The molecule has 0 saturated carbocycles. The standard InChI is InChI=1S/C23H31NO2/c1-6-24-22(25-18-11-9-10-17(4)14-18)20-15-23(5,16(2)3)26-21-13-8-7-12-19(20)21/h7-14,16,20,22,24H,6,15H2,1-5H3. The smallest absolute Gasteiger partial charge is 0.157 e. The van der Waals surface area contributed by atoms with Gasteiger partial charge in [-0.25, -0.2) is 0 Å². The van der Waals surface area contributed by atoms with Crippen LogP contribution in [0.4, 0.5) is 0 Å². The molecule has 3 unspecified atom stereocenters. The van der Waals surface area contributed by atoms with Crippen LogP contribution in [0, 0.1) is 12.8 Å². The van der Waals surface area contributed by atoms with Gasteiger partial charge in [-0.2, -0.15) is 0 Å². The Labute approximate surface area is 157 Å².